The van der Waals surface area contributed by atoms with Gasteiger partial charge in [-0.25, -0.2) is 0 Å². The van der Waals surface area contributed by atoms with Crippen LogP contribution in [-0.4, -0.2) is 61.5 Å². The number of quaternary nitrogens is 1. The third-order valence-electron chi connectivity index (χ3n) is 7.97. The molecule has 2 aliphatic heterocycles. The van der Waals surface area contributed by atoms with Crippen molar-refractivity contribution < 1.29 is 37.1 Å². The molecule has 0 radical (unpaired) electrons. The molecule has 216 valence electrons. The first-order chi connectivity index (χ1) is 19.1. The molecule has 1 unspecified atom stereocenters. The van der Waals surface area contributed by atoms with E-state index in [9.17, 15) is 32.7 Å². The zero-order chi connectivity index (χ0) is 29.9. The Morgan fingerprint density at radius 1 is 1.20 bits per heavy atom. The van der Waals surface area contributed by atoms with Crippen LogP contribution in [0.3, 0.4) is 0 Å². The van der Waals surface area contributed by atoms with Crippen molar-refractivity contribution in [3.63, 3.8) is 0 Å². The molecular weight excluding hydrogens is 581 g/mol. The lowest BCUT2D eigenvalue weighted by atomic mass is 9.93. The number of hydrogen-bond acceptors (Lipinski definition) is 6. The van der Waals surface area contributed by atoms with Gasteiger partial charge in [-0.1, -0.05) is 23.7 Å². The largest absolute Gasteiger partial charge is 0.498 e. The standard InChI is InChI=1S/C28H26ClF3N4O4S/c1-27(2,3)36(26(39)40)9-8-19(14-36)35-24(37)23(41-25(35)38)20(15-5-7-22-17(10-15)13-33-34-22)11-16-4-6-18(29)12-21(16)28(30,31)32/h4-7,10,12-13,19H,8-9,11,14H2,1-3H3,(H-,33,34,37,39,40)/t19-,36?/m1/s1. The average Bonchev–Trinajstić information content (AvgIpc) is 3.59. The van der Waals surface area contributed by atoms with Gasteiger partial charge in [0.25, 0.3) is 17.2 Å². The van der Waals surface area contributed by atoms with E-state index in [2.05, 4.69) is 10.2 Å². The molecule has 1 N–H and O–H groups in total. The van der Waals surface area contributed by atoms with Gasteiger partial charge in [0.1, 0.15) is 6.54 Å². The number of thioether (sulfide) groups is 1. The number of aromatic nitrogens is 2. The number of halogens is 4. The number of rotatable bonds is 4. The monoisotopic (exact) mass is 606 g/mol. The van der Waals surface area contributed by atoms with Crippen molar-refractivity contribution in [3.05, 3.63) is 69.2 Å². The highest BCUT2D eigenvalue weighted by atomic mass is 35.5. The average molecular weight is 607 g/mol. The van der Waals surface area contributed by atoms with E-state index in [1.807, 2.05) is 0 Å². The predicted molar refractivity (Wildman–Crippen MR) is 147 cm³/mol. The summed E-state index contributed by atoms with van der Waals surface area (Å²) in [5.41, 5.74) is -0.429. The number of hydrogen-bond donors (Lipinski definition) is 1. The van der Waals surface area contributed by atoms with E-state index in [0.29, 0.717) is 28.2 Å². The van der Waals surface area contributed by atoms with Crippen molar-refractivity contribution in [2.45, 2.75) is 51.4 Å². The lowest BCUT2D eigenvalue weighted by Crippen LogP contribution is -2.67. The fourth-order valence-corrected chi connectivity index (χ4v) is 6.83. The molecule has 8 nitrogen and oxygen atoms in total. The van der Waals surface area contributed by atoms with Gasteiger partial charge in [-0.2, -0.15) is 18.3 Å². The molecule has 3 aromatic rings. The Bertz CT molecular complexity index is 1610. The van der Waals surface area contributed by atoms with Crippen LogP contribution in [0, 0.1) is 0 Å². The van der Waals surface area contributed by atoms with Crippen LogP contribution in [0.4, 0.5) is 22.8 Å². The summed E-state index contributed by atoms with van der Waals surface area (Å²) in [6.45, 7) is 5.41. The predicted octanol–water partition coefficient (Wildman–Crippen LogP) is 5.62. The van der Waals surface area contributed by atoms with Crippen molar-refractivity contribution >= 4 is 57.1 Å². The van der Waals surface area contributed by atoms with Gasteiger partial charge in [-0.15, -0.1) is 0 Å². The zero-order valence-electron chi connectivity index (χ0n) is 22.3. The number of nitrogens with one attached hydrogen (secondary N) is 1. The minimum absolute atomic E-state index is 0.00451. The summed E-state index contributed by atoms with van der Waals surface area (Å²) in [4.78, 5) is 40.5. The molecule has 3 amide bonds. The minimum atomic E-state index is -4.71. The molecule has 2 fully saturated rings. The first kappa shape index (κ1) is 29.2. The summed E-state index contributed by atoms with van der Waals surface area (Å²) >= 11 is 6.54. The Morgan fingerprint density at radius 2 is 1.93 bits per heavy atom. The number of allylic oxidation sites excluding steroid dienone is 1. The highest BCUT2D eigenvalue weighted by Gasteiger charge is 2.54. The number of imide groups is 1. The number of amides is 3. The van der Waals surface area contributed by atoms with Crippen LogP contribution in [0.2, 0.25) is 5.02 Å². The smallest absolute Gasteiger partial charge is 0.416 e. The normalized spacial score (nSPS) is 23.1. The van der Waals surface area contributed by atoms with Gasteiger partial charge in [0, 0.05) is 16.8 Å². The van der Waals surface area contributed by atoms with Gasteiger partial charge in [-0.3, -0.25) is 24.1 Å². The summed E-state index contributed by atoms with van der Waals surface area (Å²) in [7, 11) is 0. The summed E-state index contributed by atoms with van der Waals surface area (Å²) < 4.78 is 41.5. The van der Waals surface area contributed by atoms with Gasteiger partial charge < -0.3 is 9.90 Å². The van der Waals surface area contributed by atoms with Gasteiger partial charge in [0.15, 0.2) is 0 Å². The highest BCUT2D eigenvalue weighted by Crippen LogP contribution is 2.44. The summed E-state index contributed by atoms with van der Waals surface area (Å²) in [5.74, 6) is -0.665. The lowest BCUT2D eigenvalue weighted by Gasteiger charge is -2.45. The van der Waals surface area contributed by atoms with Gasteiger partial charge >= 0.3 is 6.18 Å². The molecule has 0 spiro atoms. The van der Waals surface area contributed by atoms with E-state index in [4.69, 9.17) is 11.6 Å². The maximum absolute atomic E-state index is 14.0. The molecule has 13 heteroatoms. The Morgan fingerprint density at radius 3 is 2.56 bits per heavy atom. The van der Waals surface area contributed by atoms with Crippen molar-refractivity contribution in [2.75, 3.05) is 13.1 Å². The van der Waals surface area contributed by atoms with E-state index in [1.54, 1.807) is 45.2 Å². The summed E-state index contributed by atoms with van der Waals surface area (Å²) in [5, 5.41) is 19.0. The number of aromatic amines is 1. The topological polar surface area (TPSA) is 106 Å². The number of carbonyl (C=O) groups is 3. The fourth-order valence-electron chi connectivity index (χ4n) is 5.65. The number of carbonyl (C=O) groups excluding carboxylic acids is 3. The van der Waals surface area contributed by atoms with Crippen LogP contribution >= 0.6 is 23.4 Å². The van der Waals surface area contributed by atoms with Crippen LogP contribution < -0.4 is 5.11 Å². The second-order valence-corrected chi connectivity index (χ2v) is 12.7. The minimum Gasteiger partial charge on any atom is -0.498 e. The van der Waals surface area contributed by atoms with Gasteiger partial charge in [0.2, 0.25) is 0 Å². The molecule has 3 heterocycles. The Hall–Kier alpha value is -3.35. The second-order valence-electron chi connectivity index (χ2n) is 11.3. The Labute approximate surface area is 242 Å². The number of H-pyrrole nitrogens is 1. The van der Waals surface area contributed by atoms with E-state index in [-0.39, 0.29) is 47.0 Å². The molecule has 41 heavy (non-hydrogen) atoms. The molecule has 2 aromatic carbocycles. The third kappa shape index (κ3) is 5.13. The quantitative estimate of drug-likeness (QED) is 0.305. The van der Waals surface area contributed by atoms with Crippen molar-refractivity contribution in [3.8, 4) is 0 Å². The molecule has 2 saturated heterocycles. The Kier molecular flexibility index (Phi) is 7.24. The zero-order valence-corrected chi connectivity index (χ0v) is 23.9. The molecule has 2 aliphatic rings. The van der Waals surface area contributed by atoms with E-state index < -0.39 is 45.0 Å². The molecule has 5 rings (SSSR count). The van der Waals surface area contributed by atoms with Crippen LogP contribution in [0.5, 0.6) is 0 Å². The number of nitrogens with zero attached hydrogens (tertiary/aromatic N) is 3. The van der Waals surface area contributed by atoms with E-state index in [1.165, 1.54) is 12.1 Å². The van der Waals surface area contributed by atoms with Crippen molar-refractivity contribution in [1.82, 2.24) is 15.1 Å². The number of alkyl halides is 3. The summed E-state index contributed by atoms with van der Waals surface area (Å²) in [6, 6.07) is 7.77. The molecule has 0 saturated carbocycles. The first-order valence-corrected chi connectivity index (χ1v) is 14.0. The third-order valence-corrected chi connectivity index (χ3v) is 9.20. The van der Waals surface area contributed by atoms with E-state index in [0.717, 1.165) is 11.0 Å². The van der Waals surface area contributed by atoms with Crippen molar-refractivity contribution in [1.29, 1.82) is 0 Å². The van der Waals surface area contributed by atoms with Crippen LogP contribution in [0.25, 0.3) is 16.5 Å². The SMILES string of the molecule is CC(C)(C)[N+]1(C(=O)[O-])CC[C@@H](N2C(=O)S/C(=C(/Cc3ccc(Cl)cc3C(F)(F)F)c3ccc4[nH]ncc4c3)C2=O)C1. The van der Waals surface area contributed by atoms with Gasteiger partial charge in [-0.05, 0) is 79.9 Å². The molecule has 1 aromatic heterocycles. The number of likely N-dealkylation sites (tertiary alicyclic amines) is 1. The second kappa shape index (κ2) is 10.2. The Balaban J connectivity index is 1.60. The number of fused-ring (bicyclic) bond motifs is 1. The molecule has 0 aliphatic carbocycles. The van der Waals surface area contributed by atoms with Crippen molar-refractivity contribution in [2.24, 2.45) is 0 Å². The fraction of sp³-hybridized carbons (Fsp3) is 0.357. The summed E-state index contributed by atoms with van der Waals surface area (Å²) in [6.07, 6.45) is -4.51. The van der Waals surface area contributed by atoms with Gasteiger partial charge in [0.05, 0.1) is 40.3 Å². The molecule has 0 bridgehead atoms. The molecular formula is C28H26ClF3N4O4S. The number of carboxylic acid groups (broad SMARTS) is 1. The van der Waals surface area contributed by atoms with Crippen LogP contribution in [0.1, 0.15) is 43.9 Å². The van der Waals surface area contributed by atoms with E-state index >= 15 is 0 Å². The lowest BCUT2D eigenvalue weighted by molar-refractivity contribution is -0.909. The molecule has 2 atom stereocenters. The number of benzene rings is 2. The van der Waals surface area contributed by atoms with Crippen LogP contribution in [0.15, 0.2) is 47.5 Å². The maximum atomic E-state index is 14.0. The maximum Gasteiger partial charge on any atom is 0.416 e. The van der Waals surface area contributed by atoms with Crippen LogP contribution in [-0.2, 0) is 17.4 Å². The highest BCUT2D eigenvalue weighted by molar-refractivity contribution is 8.18. The first-order valence-electron chi connectivity index (χ1n) is 12.8.